The lowest BCUT2D eigenvalue weighted by Crippen LogP contribution is -2.60. The maximum Gasteiger partial charge on any atom is 0.269 e. The van der Waals surface area contributed by atoms with E-state index in [0.717, 1.165) is 12.8 Å². The van der Waals surface area contributed by atoms with E-state index in [-0.39, 0.29) is 17.3 Å². The van der Waals surface area contributed by atoms with E-state index in [1.165, 1.54) is 24.3 Å². The number of pyridine rings is 1. The first-order valence-corrected chi connectivity index (χ1v) is 9.97. The summed E-state index contributed by atoms with van der Waals surface area (Å²) in [6.45, 7) is 1.23. The maximum atomic E-state index is 13.2. The van der Waals surface area contributed by atoms with E-state index in [1.807, 2.05) is 0 Å². The van der Waals surface area contributed by atoms with Crippen molar-refractivity contribution < 1.29 is 13.9 Å². The van der Waals surface area contributed by atoms with Crippen molar-refractivity contribution in [2.24, 2.45) is 5.92 Å². The summed E-state index contributed by atoms with van der Waals surface area (Å²) in [5, 5.41) is 19.4. The van der Waals surface area contributed by atoms with Crippen LogP contribution in [0.15, 0.2) is 48.8 Å². The predicted molar refractivity (Wildman–Crippen MR) is 108 cm³/mol. The van der Waals surface area contributed by atoms with Crippen molar-refractivity contribution in [2.75, 3.05) is 13.1 Å². The van der Waals surface area contributed by atoms with Gasteiger partial charge in [-0.05, 0) is 49.2 Å². The fraction of sp³-hybridized carbons (Fsp3) is 0.273. The third-order valence-corrected chi connectivity index (χ3v) is 6.06. The van der Waals surface area contributed by atoms with E-state index in [1.54, 1.807) is 29.4 Å². The molecule has 0 bridgehead atoms. The first-order chi connectivity index (χ1) is 15.1. The number of hydrogen-bond donors (Lipinski definition) is 2. The van der Waals surface area contributed by atoms with Crippen LogP contribution in [0.5, 0.6) is 11.5 Å². The van der Waals surface area contributed by atoms with Gasteiger partial charge in [-0.2, -0.15) is 10.4 Å². The van der Waals surface area contributed by atoms with Crippen molar-refractivity contribution in [2.45, 2.75) is 18.4 Å². The second-order valence-corrected chi connectivity index (χ2v) is 7.92. The van der Waals surface area contributed by atoms with Gasteiger partial charge in [0, 0.05) is 24.2 Å². The van der Waals surface area contributed by atoms with E-state index in [9.17, 15) is 14.4 Å². The molecular formula is C22H19FN6O2. The molecule has 1 saturated carbocycles. The van der Waals surface area contributed by atoms with Gasteiger partial charge in [0.15, 0.2) is 11.9 Å². The first-order valence-electron chi connectivity index (χ1n) is 9.97. The number of rotatable bonds is 5. The summed E-state index contributed by atoms with van der Waals surface area (Å²) in [5.41, 5.74) is 1.16. The van der Waals surface area contributed by atoms with Gasteiger partial charge in [-0.25, -0.2) is 4.39 Å². The Morgan fingerprint density at radius 2 is 2.19 bits per heavy atom. The number of aromatic amines is 1. The fourth-order valence-electron chi connectivity index (χ4n) is 4.29. The van der Waals surface area contributed by atoms with Gasteiger partial charge in [0.2, 0.25) is 0 Å². The van der Waals surface area contributed by atoms with Gasteiger partial charge in [-0.15, -0.1) is 0 Å². The van der Waals surface area contributed by atoms with Crippen molar-refractivity contribution in [1.82, 2.24) is 25.4 Å². The van der Waals surface area contributed by atoms with E-state index in [4.69, 9.17) is 4.74 Å². The standard InChI is InChI=1S/C22H19FN6O2/c23-15-1-3-16(4-2-15)31-20-10-25-8-6-17(20)18-9-19(28-27-18)21(30)26-22-7-5-14(22)11-29(12-22)13-24/h1-4,6,8-10,14H,5,7,11-12H2,(H,26,30)(H,27,28)/t14?,22-/m0/s1. The minimum Gasteiger partial charge on any atom is -0.455 e. The van der Waals surface area contributed by atoms with Crippen LogP contribution >= 0.6 is 0 Å². The zero-order valence-electron chi connectivity index (χ0n) is 16.5. The lowest BCUT2D eigenvalue weighted by Gasteiger charge is -2.44. The number of nitrogens with one attached hydrogen (secondary N) is 2. The molecule has 2 aromatic heterocycles. The van der Waals surface area contributed by atoms with Gasteiger partial charge in [-0.1, -0.05) is 0 Å². The number of nitriles is 1. The second-order valence-electron chi connectivity index (χ2n) is 7.92. The van der Waals surface area contributed by atoms with Gasteiger partial charge >= 0.3 is 0 Å². The maximum absolute atomic E-state index is 13.2. The predicted octanol–water partition coefficient (Wildman–Crippen LogP) is 3.08. The van der Waals surface area contributed by atoms with Crippen molar-refractivity contribution in [3.8, 4) is 28.9 Å². The quantitative estimate of drug-likeness (QED) is 0.617. The number of halogens is 1. The molecule has 3 aromatic rings. The Bertz CT molecular complexity index is 1170. The van der Waals surface area contributed by atoms with Crippen LogP contribution in [0.1, 0.15) is 23.3 Å². The van der Waals surface area contributed by atoms with Gasteiger partial charge in [0.05, 0.1) is 24.0 Å². The van der Waals surface area contributed by atoms with Gasteiger partial charge < -0.3 is 15.0 Å². The minimum atomic E-state index is -0.352. The topological polar surface area (TPSA) is 107 Å². The molecule has 1 aromatic carbocycles. The Morgan fingerprint density at radius 3 is 2.94 bits per heavy atom. The molecule has 9 heteroatoms. The second kappa shape index (κ2) is 7.40. The molecule has 8 nitrogen and oxygen atoms in total. The summed E-state index contributed by atoms with van der Waals surface area (Å²) in [5.74, 6) is 0.593. The van der Waals surface area contributed by atoms with Crippen molar-refractivity contribution >= 4 is 5.91 Å². The van der Waals surface area contributed by atoms with E-state index < -0.39 is 0 Å². The number of ether oxygens (including phenoxy) is 1. The number of hydrogen-bond acceptors (Lipinski definition) is 6. The molecule has 1 amide bonds. The van der Waals surface area contributed by atoms with Crippen molar-refractivity contribution in [3.05, 3.63) is 60.3 Å². The number of carbonyl (C=O) groups is 1. The number of aromatic nitrogens is 3. The highest BCUT2D eigenvalue weighted by Gasteiger charge is 2.54. The SMILES string of the molecule is N#CN1CC2CC[C@]2(NC(=O)c2cc(-c3ccncc3Oc3ccc(F)cc3)n[nH]2)C1. The van der Waals surface area contributed by atoms with Crippen LogP contribution in [0.2, 0.25) is 0 Å². The molecule has 1 aliphatic carbocycles. The highest BCUT2D eigenvalue weighted by Crippen LogP contribution is 2.44. The Morgan fingerprint density at radius 1 is 1.35 bits per heavy atom. The third kappa shape index (κ3) is 3.46. The molecule has 1 aliphatic heterocycles. The molecule has 156 valence electrons. The van der Waals surface area contributed by atoms with Gasteiger partial charge in [0.1, 0.15) is 17.3 Å². The first kappa shape index (κ1) is 19.1. The van der Waals surface area contributed by atoms with Crippen LogP contribution in [0.4, 0.5) is 4.39 Å². The molecule has 2 aliphatic rings. The minimum absolute atomic E-state index is 0.252. The molecule has 1 unspecified atom stereocenters. The van der Waals surface area contributed by atoms with Crippen molar-refractivity contribution in [3.63, 3.8) is 0 Å². The summed E-state index contributed by atoms with van der Waals surface area (Å²) in [6.07, 6.45) is 7.20. The van der Waals surface area contributed by atoms with E-state index in [2.05, 4.69) is 26.7 Å². The molecular weight excluding hydrogens is 399 g/mol. The van der Waals surface area contributed by atoms with Gasteiger partial charge in [0.25, 0.3) is 5.91 Å². The lowest BCUT2D eigenvalue weighted by molar-refractivity contribution is 0.0757. The highest BCUT2D eigenvalue weighted by molar-refractivity contribution is 5.94. The normalized spacial score (nSPS) is 21.7. The Balaban J connectivity index is 1.35. The smallest absolute Gasteiger partial charge is 0.269 e. The summed E-state index contributed by atoms with van der Waals surface area (Å²) in [6, 6.07) is 9.06. The number of likely N-dealkylation sites (tertiary alicyclic amines) is 1. The van der Waals surface area contributed by atoms with E-state index in [0.29, 0.717) is 47.5 Å². The highest BCUT2D eigenvalue weighted by atomic mass is 19.1. The molecule has 0 radical (unpaired) electrons. The molecule has 5 rings (SSSR count). The lowest BCUT2D eigenvalue weighted by atomic mass is 9.69. The Labute approximate surface area is 177 Å². The number of carbonyl (C=O) groups excluding carboxylic acids is 1. The number of nitrogens with zero attached hydrogens (tertiary/aromatic N) is 4. The number of H-pyrrole nitrogens is 1. The molecule has 2 atom stereocenters. The zero-order valence-corrected chi connectivity index (χ0v) is 16.5. The Hall–Kier alpha value is -3.93. The zero-order chi connectivity index (χ0) is 21.4. The molecule has 2 fully saturated rings. The average Bonchev–Trinajstić information content (AvgIpc) is 3.35. The van der Waals surface area contributed by atoms with Crippen LogP contribution in [0.3, 0.4) is 0 Å². The fourth-order valence-corrected chi connectivity index (χ4v) is 4.29. The third-order valence-electron chi connectivity index (χ3n) is 6.06. The molecule has 3 heterocycles. The molecule has 2 N–H and O–H groups in total. The van der Waals surface area contributed by atoms with Gasteiger partial charge in [-0.3, -0.25) is 14.9 Å². The monoisotopic (exact) mass is 418 g/mol. The van der Waals surface area contributed by atoms with Crippen molar-refractivity contribution in [1.29, 1.82) is 5.26 Å². The summed E-state index contributed by atoms with van der Waals surface area (Å²) >= 11 is 0. The molecule has 1 saturated heterocycles. The van der Waals surface area contributed by atoms with Crippen LogP contribution < -0.4 is 10.1 Å². The van der Waals surface area contributed by atoms with E-state index >= 15 is 0 Å². The number of benzene rings is 1. The molecule has 0 spiro atoms. The average molecular weight is 418 g/mol. The largest absolute Gasteiger partial charge is 0.455 e. The number of fused-ring (bicyclic) bond motifs is 1. The number of amides is 1. The summed E-state index contributed by atoms with van der Waals surface area (Å²) < 4.78 is 19.0. The summed E-state index contributed by atoms with van der Waals surface area (Å²) in [7, 11) is 0. The van der Waals surface area contributed by atoms with Crippen LogP contribution in [0, 0.1) is 23.2 Å². The van der Waals surface area contributed by atoms with Crippen LogP contribution in [-0.2, 0) is 0 Å². The van der Waals surface area contributed by atoms with Crippen LogP contribution in [-0.4, -0.2) is 44.6 Å². The summed E-state index contributed by atoms with van der Waals surface area (Å²) in [4.78, 5) is 18.7. The molecule has 31 heavy (non-hydrogen) atoms. The van der Waals surface area contributed by atoms with Crippen LogP contribution in [0.25, 0.3) is 11.3 Å². The Kier molecular flexibility index (Phi) is 4.55.